The van der Waals surface area contributed by atoms with Crippen molar-refractivity contribution in [1.82, 2.24) is 19.9 Å². The van der Waals surface area contributed by atoms with Crippen molar-refractivity contribution >= 4 is 67.6 Å². The molecular weight excluding hydrogens is 458 g/mol. The third kappa shape index (κ3) is 4.30. The molecule has 4 aromatic rings. The summed E-state index contributed by atoms with van der Waals surface area (Å²) in [5.41, 5.74) is 1.19. The molecule has 0 fully saturated rings. The zero-order chi connectivity index (χ0) is 20.5. The average molecular weight is 469 g/mol. The fraction of sp³-hybridized carbons (Fsp3) is 0.0588. The summed E-state index contributed by atoms with van der Waals surface area (Å²) in [6.07, 6.45) is 0. The van der Waals surface area contributed by atoms with Crippen molar-refractivity contribution in [3.63, 3.8) is 0 Å². The lowest BCUT2D eigenvalue weighted by Crippen LogP contribution is -2.16. The van der Waals surface area contributed by atoms with Gasteiger partial charge in [0.2, 0.25) is 11.1 Å². The Morgan fingerprint density at radius 2 is 2.07 bits per heavy atom. The van der Waals surface area contributed by atoms with Gasteiger partial charge in [-0.2, -0.15) is 0 Å². The van der Waals surface area contributed by atoms with Crippen LogP contribution in [0.4, 0.5) is 9.52 Å². The molecular formula is C17H11Cl2FN6OS2. The van der Waals surface area contributed by atoms with E-state index >= 15 is 0 Å². The van der Waals surface area contributed by atoms with Crippen LogP contribution >= 0.6 is 46.3 Å². The Kier molecular flexibility index (Phi) is 5.59. The summed E-state index contributed by atoms with van der Waals surface area (Å²) in [4.78, 5) is 16.5. The monoisotopic (exact) mass is 468 g/mol. The van der Waals surface area contributed by atoms with Crippen LogP contribution in [0.5, 0.6) is 0 Å². The van der Waals surface area contributed by atoms with Crippen molar-refractivity contribution in [3.05, 3.63) is 52.3 Å². The van der Waals surface area contributed by atoms with Crippen molar-refractivity contribution in [3.8, 4) is 11.4 Å². The third-order valence-electron chi connectivity index (χ3n) is 3.77. The number of carbonyl (C=O) groups is 1. The van der Waals surface area contributed by atoms with Crippen LogP contribution in [-0.2, 0) is 4.79 Å². The van der Waals surface area contributed by atoms with Gasteiger partial charge in [-0.3, -0.25) is 4.79 Å². The van der Waals surface area contributed by atoms with Crippen molar-refractivity contribution in [2.45, 2.75) is 5.16 Å². The highest BCUT2D eigenvalue weighted by Gasteiger charge is 2.17. The average Bonchev–Trinajstić information content (AvgIpc) is 3.22. The number of amides is 1. The fourth-order valence-electron chi connectivity index (χ4n) is 2.47. The molecule has 7 nitrogen and oxygen atoms in total. The number of thiazole rings is 1. The number of hydrogen-bond donors (Lipinski definition) is 2. The third-order valence-corrected chi connectivity index (χ3v) is 6.19. The van der Waals surface area contributed by atoms with Gasteiger partial charge in [-0.15, -0.1) is 10.2 Å². The highest BCUT2D eigenvalue weighted by molar-refractivity contribution is 7.99. The van der Waals surface area contributed by atoms with Crippen LogP contribution in [0.15, 0.2) is 41.6 Å². The Bertz CT molecular complexity index is 1230. The first kappa shape index (κ1) is 19.9. The van der Waals surface area contributed by atoms with E-state index in [0.29, 0.717) is 41.9 Å². The van der Waals surface area contributed by atoms with Crippen molar-refractivity contribution in [1.29, 1.82) is 0 Å². The summed E-state index contributed by atoms with van der Waals surface area (Å²) in [6.45, 7) is 0. The first-order valence-electron chi connectivity index (χ1n) is 8.05. The Balaban J connectivity index is 1.43. The first-order valence-corrected chi connectivity index (χ1v) is 10.6. The van der Waals surface area contributed by atoms with Crippen LogP contribution in [0, 0.1) is 5.82 Å². The molecule has 2 heterocycles. The van der Waals surface area contributed by atoms with E-state index in [2.05, 4.69) is 20.5 Å². The lowest BCUT2D eigenvalue weighted by molar-refractivity contribution is -0.113. The highest BCUT2D eigenvalue weighted by atomic mass is 35.5. The number of nitrogens with two attached hydrogens (primary N) is 1. The molecule has 0 radical (unpaired) electrons. The molecule has 4 rings (SSSR count). The summed E-state index contributed by atoms with van der Waals surface area (Å²) in [5.74, 6) is 5.78. The standard InChI is InChI=1S/C17H11Cl2FN6OS2/c18-8-1-3-10(11(19)5-8)15-24-25-17(26(15)21)28-7-14(27)23-16-22-12-4-2-9(20)6-13(12)29-16/h1-6H,7,21H2,(H,22,23,27). The summed E-state index contributed by atoms with van der Waals surface area (Å²) < 4.78 is 15.2. The summed E-state index contributed by atoms with van der Waals surface area (Å²) in [7, 11) is 0. The molecule has 0 spiro atoms. The predicted octanol–water partition coefficient (Wildman–Crippen LogP) is 4.45. The maximum Gasteiger partial charge on any atom is 0.236 e. The smallest absolute Gasteiger partial charge is 0.236 e. The molecule has 2 aromatic heterocycles. The van der Waals surface area contributed by atoms with E-state index in [1.165, 1.54) is 28.1 Å². The summed E-state index contributed by atoms with van der Waals surface area (Å²) in [6, 6.07) is 9.19. The molecule has 0 unspecified atom stereocenters. The molecule has 0 saturated carbocycles. The van der Waals surface area contributed by atoms with Crippen molar-refractivity contribution < 1.29 is 9.18 Å². The number of nitrogen functional groups attached to an aromatic ring is 1. The number of aromatic nitrogens is 4. The molecule has 1 amide bonds. The fourth-order valence-corrected chi connectivity index (χ4v) is 4.52. The Morgan fingerprint density at radius 3 is 2.86 bits per heavy atom. The molecule has 148 valence electrons. The molecule has 0 bridgehead atoms. The van der Waals surface area contributed by atoms with Crippen LogP contribution in [0.25, 0.3) is 21.6 Å². The van der Waals surface area contributed by atoms with Gasteiger partial charge in [0.1, 0.15) is 5.82 Å². The molecule has 0 atom stereocenters. The maximum absolute atomic E-state index is 13.3. The molecule has 29 heavy (non-hydrogen) atoms. The minimum atomic E-state index is -0.353. The van der Waals surface area contributed by atoms with Crippen LogP contribution < -0.4 is 11.2 Å². The van der Waals surface area contributed by atoms with Gasteiger partial charge in [0.05, 0.1) is 21.0 Å². The number of anilines is 1. The molecule has 0 aliphatic rings. The molecule has 0 aliphatic heterocycles. The van der Waals surface area contributed by atoms with E-state index in [1.807, 2.05) is 0 Å². The number of halogens is 3. The van der Waals surface area contributed by atoms with E-state index in [9.17, 15) is 9.18 Å². The molecule has 2 aromatic carbocycles. The topological polar surface area (TPSA) is 98.7 Å². The summed E-state index contributed by atoms with van der Waals surface area (Å²) in [5, 5.41) is 12.3. The number of carbonyl (C=O) groups excluding carboxylic acids is 1. The second kappa shape index (κ2) is 8.15. The minimum Gasteiger partial charge on any atom is -0.335 e. The van der Waals surface area contributed by atoms with Crippen LogP contribution in [0.1, 0.15) is 0 Å². The van der Waals surface area contributed by atoms with E-state index < -0.39 is 0 Å². The number of thioether (sulfide) groups is 1. The molecule has 12 heteroatoms. The number of rotatable bonds is 5. The first-order chi connectivity index (χ1) is 13.9. The molecule has 3 N–H and O–H groups in total. The van der Waals surface area contributed by atoms with Crippen LogP contribution in [-0.4, -0.2) is 31.5 Å². The second-order valence-electron chi connectivity index (χ2n) is 5.77. The van der Waals surface area contributed by atoms with Gasteiger partial charge in [0, 0.05) is 10.6 Å². The van der Waals surface area contributed by atoms with Gasteiger partial charge in [-0.05, 0) is 36.4 Å². The van der Waals surface area contributed by atoms with Crippen LogP contribution in [0.2, 0.25) is 10.0 Å². The van der Waals surface area contributed by atoms with Crippen molar-refractivity contribution in [2.24, 2.45) is 0 Å². The van der Waals surface area contributed by atoms with Gasteiger partial charge < -0.3 is 11.2 Å². The number of hydrogen-bond acceptors (Lipinski definition) is 7. The van der Waals surface area contributed by atoms with Crippen LogP contribution in [0.3, 0.4) is 0 Å². The minimum absolute atomic E-state index is 0.0357. The van der Waals surface area contributed by atoms with Gasteiger partial charge >= 0.3 is 0 Å². The largest absolute Gasteiger partial charge is 0.335 e. The number of fused-ring (bicyclic) bond motifs is 1. The van der Waals surface area contributed by atoms with Gasteiger partial charge in [0.25, 0.3) is 0 Å². The lowest BCUT2D eigenvalue weighted by atomic mass is 10.2. The van der Waals surface area contributed by atoms with E-state index in [1.54, 1.807) is 24.3 Å². The maximum atomic E-state index is 13.3. The Morgan fingerprint density at radius 1 is 1.24 bits per heavy atom. The SMILES string of the molecule is Nn1c(SCC(=O)Nc2nc3ccc(F)cc3s2)nnc1-c1ccc(Cl)cc1Cl. The zero-order valence-corrected chi connectivity index (χ0v) is 17.5. The van der Waals surface area contributed by atoms with Gasteiger partial charge in [-0.1, -0.05) is 46.3 Å². The normalized spacial score (nSPS) is 11.1. The summed E-state index contributed by atoms with van der Waals surface area (Å²) >= 11 is 14.4. The van der Waals surface area contributed by atoms with Crippen molar-refractivity contribution in [2.75, 3.05) is 16.9 Å². The van der Waals surface area contributed by atoms with E-state index in [0.717, 1.165) is 11.8 Å². The van der Waals surface area contributed by atoms with E-state index in [-0.39, 0.29) is 17.5 Å². The van der Waals surface area contributed by atoms with Gasteiger partial charge in [-0.25, -0.2) is 14.1 Å². The van der Waals surface area contributed by atoms with Gasteiger partial charge in [0.15, 0.2) is 11.0 Å². The van der Waals surface area contributed by atoms with E-state index in [4.69, 9.17) is 29.0 Å². The number of nitrogens with zero attached hydrogens (tertiary/aromatic N) is 4. The Labute approximate surface area is 182 Å². The number of nitrogens with one attached hydrogen (secondary N) is 1. The predicted molar refractivity (Wildman–Crippen MR) is 115 cm³/mol. The quantitative estimate of drug-likeness (QED) is 0.331. The second-order valence-corrected chi connectivity index (χ2v) is 8.59. The zero-order valence-electron chi connectivity index (χ0n) is 14.4. The molecule has 0 saturated heterocycles. The Hall–Kier alpha value is -2.40. The number of benzene rings is 2. The lowest BCUT2D eigenvalue weighted by Gasteiger charge is -2.05. The highest BCUT2D eigenvalue weighted by Crippen LogP contribution is 2.30. The molecule has 0 aliphatic carbocycles.